The monoisotopic (exact) mass is 332 g/mol. The van der Waals surface area contributed by atoms with Gasteiger partial charge in [0.1, 0.15) is 4.90 Å². The average Bonchev–Trinajstić information content (AvgIpc) is 2.41. The van der Waals surface area contributed by atoms with Crippen LogP contribution in [0.4, 0.5) is 5.69 Å². The third-order valence-corrected chi connectivity index (χ3v) is 6.05. The largest absolute Gasteiger partial charge is 0.399 e. The van der Waals surface area contributed by atoms with E-state index in [-0.39, 0.29) is 16.5 Å². The molecule has 0 saturated heterocycles. The number of hydrogen-bond acceptors (Lipinski definition) is 4. The van der Waals surface area contributed by atoms with E-state index in [1.807, 2.05) is 0 Å². The lowest BCUT2D eigenvalue weighted by Gasteiger charge is -2.39. The van der Waals surface area contributed by atoms with Gasteiger partial charge in [0.2, 0.25) is 10.0 Å². The van der Waals surface area contributed by atoms with Gasteiger partial charge in [0.25, 0.3) is 0 Å². The summed E-state index contributed by atoms with van der Waals surface area (Å²) in [5.41, 5.74) is 5.16. The predicted octanol–water partition coefficient (Wildman–Crippen LogP) is 2.14. The molecule has 2 atom stereocenters. The second kappa shape index (κ2) is 6.12. The van der Waals surface area contributed by atoms with E-state index in [1.54, 1.807) is 6.07 Å². The molecule has 0 heterocycles. The van der Waals surface area contributed by atoms with E-state index in [9.17, 15) is 13.5 Å². The lowest BCUT2D eigenvalue weighted by molar-refractivity contribution is 0.120. The molecular formula is C14H21ClN2O3S. The minimum atomic E-state index is -3.83. The number of nitrogen functional groups attached to an aromatic ring is 1. The number of anilines is 1. The smallest absolute Gasteiger partial charge is 0.242 e. The van der Waals surface area contributed by atoms with Crippen molar-refractivity contribution in [3.8, 4) is 0 Å². The summed E-state index contributed by atoms with van der Waals surface area (Å²) >= 11 is 5.98. The molecule has 2 rings (SSSR count). The summed E-state index contributed by atoms with van der Waals surface area (Å²) in [7, 11) is -3.83. The Kier molecular flexibility index (Phi) is 4.82. The zero-order chi connectivity index (χ0) is 15.7. The van der Waals surface area contributed by atoms with Crippen molar-refractivity contribution in [1.82, 2.24) is 4.72 Å². The molecule has 0 radical (unpaired) electrons. The number of rotatable bonds is 4. The summed E-state index contributed by atoms with van der Waals surface area (Å²) in [5, 5.41) is 9.83. The Morgan fingerprint density at radius 3 is 2.86 bits per heavy atom. The number of benzene rings is 1. The quantitative estimate of drug-likeness (QED) is 0.736. The third-order valence-electron chi connectivity index (χ3n) is 3.99. The second-order valence-corrected chi connectivity index (χ2v) is 7.99. The molecule has 118 valence electrons. The molecule has 2 unspecified atom stereocenters. The van der Waals surface area contributed by atoms with Crippen LogP contribution in [-0.2, 0) is 10.0 Å². The second-order valence-electron chi connectivity index (χ2n) is 5.94. The third kappa shape index (κ3) is 3.69. The van der Waals surface area contributed by atoms with Crippen LogP contribution in [0.3, 0.4) is 0 Å². The summed E-state index contributed by atoms with van der Waals surface area (Å²) in [6.07, 6.45) is 3.16. The Morgan fingerprint density at radius 1 is 1.52 bits per heavy atom. The van der Waals surface area contributed by atoms with Gasteiger partial charge < -0.3 is 10.8 Å². The molecule has 0 spiro atoms. The zero-order valence-corrected chi connectivity index (χ0v) is 13.5. The topological polar surface area (TPSA) is 92.4 Å². The number of nitrogens with two attached hydrogens (primary N) is 1. The number of aliphatic hydroxyl groups excluding tert-OH is 1. The fourth-order valence-corrected chi connectivity index (χ4v) is 4.96. The molecule has 0 amide bonds. The highest BCUT2D eigenvalue weighted by molar-refractivity contribution is 7.89. The summed E-state index contributed by atoms with van der Waals surface area (Å²) in [5.74, 6) is 0.366. The minimum Gasteiger partial charge on any atom is -0.399 e. The summed E-state index contributed by atoms with van der Waals surface area (Å²) < 4.78 is 27.8. The standard InChI is InChI=1S/C14H21ClN2O3S/c1-10-3-2-6-14(8-10,9-18)17-21(19,20)13-7-11(16)4-5-12(13)15/h4-5,7,10,17-18H,2-3,6,8-9,16H2,1H3. The first-order chi connectivity index (χ1) is 9.78. The van der Waals surface area contributed by atoms with Gasteiger partial charge in [0.15, 0.2) is 0 Å². The van der Waals surface area contributed by atoms with Crippen molar-refractivity contribution < 1.29 is 13.5 Å². The fraction of sp³-hybridized carbons (Fsp3) is 0.571. The van der Waals surface area contributed by atoms with Crippen LogP contribution in [-0.4, -0.2) is 25.7 Å². The van der Waals surface area contributed by atoms with Gasteiger partial charge in [-0.15, -0.1) is 0 Å². The first kappa shape index (κ1) is 16.5. The molecule has 4 N–H and O–H groups in total. The van der Waals surface area contributed by atoms with Crippen LogP contribution in [0.15, 0.2) is 23.1 Å². The molecule has 1 saturated carbocycles. The molecule has 1 aliphatic rings. The Hall–Kier alpha value is -0.820. The van der Waals surface area contributed by atoms with E-state index in [0.29, 0.717) is 24.4 Å². The zero-order valence-electron chi connectivity index (χ0n) is 12.0. The van der Waals surface area contributed by atoms with Crippen LogP contribution in [0, 0.1) is 5.92 Å². The Bertz CT molecular complexity index is 621. The van der Waals surface area contributed by atoms with Crippen molar-refractivity contribution in [2.24, 2.45) is 5.92 Å². The van der Waals surface area contributed by atoms with Gasteiger partial charge in [0.05, 0.1) is 17.2 Å². The van der Waals surface area contributed by atoms with Crippen LogP contribution in [0.5, 0.6) is 0 Å². The highest BCUT2D eigenvalue weighted by Gasteiger charge is 2.38. The van der Waals surface area contributed by atoms with Gasteiger partial charge in [-0.05, 0) is 37.0 Å². The van der Waals surface area contributed by atoms with Crippen molar-refractivity contribution in [3.63, 3.8) is 0 Å². The lowest BCUT2D eigenvalue weighted by atomic mass is 9.78. The number of aliphatic hydroxyl groups is 1. The average molecular weight is 333 g/mol. The SMILES string of the molecule is CC1CCCC(CO)(NS(=O)(=O)c2cc(N)ccc2Cl)C1. The molecule has 0 aliphatic heterocycles. The molecule has 1 fully saturated rings. The predicted molar refractivity (Wildman–Crippen MR) is 83.6 cm³/mol. The van der Waals surface area contributed by atoms with Gasteiger partial charge in [-0.25, -0.2) is 13.1 Å². The summed E-state index contributed by atoms with van der Waals surface area (Å²) in [6, 6.07) is 4.34. The van der Waals surface area contributed by atoms with Crippen molar-refractivity contribution in [3.05, 3.63) is 23.2 Å². The highest BCUT2D eigenvalue weighted by atomic mass is 35.5. The molecule has 1 aliphatic carbocycles. The van der Waals surface area contributed by atoms with E-state index in [4.69, 9.17) is 17.3 Å². The van der Waals surface area contributed by atoms with E-state index >= 15 is 0 Å². The van der Waals surface area contributed by atoms with Crippen molar-refractivity contribution in [2.45, 2.75) is 43.0 Å². The van der Waals surface area contributed by atoms with Crippen LogP contribution in [0.2, 0.25) is 5.02 Å². The number of nitrogens with one attached hydrogen (secondary N) is 1. The van der Waals surface area contributed by atoms with Crippen LogP contribution < -0.4 is 10.5 Å². The Morgan fingerprint density at radius 2 is 2.24 bits per heavy atom. The summed E-state index contributed by atoms with van der Waals surface area (Å²) in [4.78, 5) is -0.0461. The van der Waals surface area contributed by atoms with E-state index in [1.165, 1.54) is 12.1 Å². The molecule has 1 aromatic carbocycles. The van der Waals surface area contributed by atoms with E-state index < -0.39 is 15.6 Å². The van der Waals surface area contributed by atoms with Crippen molar-refractivity contribution in [1.29, 1.82) is 0 Å². The minimum absolute atomic E-state index is 0.0461. The van der Waals surface area contributed by atoms with Gasteiger partial charge >= 0.3 is 0 Å². The first-order valence-electron chi connectivity index (χ1n) is 6.98. The van der Waals surface area contributed by atoms with Gasteiger partial charge in [-0.1, -0.05) is 31.4 Å². The van der Waals surface area contributed by atoms with Gasteiger partial charge in [-0.2, -0.15) is 0 Å². The molecule has 0 bridgehead atoms. The van der Waals surface area contributed by atoms with Crippen LogP contribution in [0.25, 0.3) is 0 Å². The van der Waals surface area contributed by atoms with Crippen LogP contribution in [0.1, 0.15) is 32.6 Å². The maximum Gasteiger partial charge on any atom is 0.242 e. The molecule has 1 aromatic rings. The van der Waals surface area contributed by atoms with Gasteiger partial charge in [-0.3, -0.25) is 0 Å². The lowest BCUT2D eigenvalue weighted by Crippen LogP contribution is -2.53. The molecular weight excluding hydrogens is 312 g/mol. The normalized spacial score (nSPS) is 26.7. The maximum atomic E-state index is 12.6. The molecule has 0 aromatic heterocycles. The van der Waals surface area contributed by atoms with Crippen LogP contribution >= 0.6 is 11.6 Å². The molecule has 7 heteroatoms. The first-order valence-corrected chi connectivity index (χ1v) is 8.84. The highest BCUT2D eigenvalue weighted by Crippen LogP contribution is 2.34. The van der Waals surface area contributed by atoms with E-state index in [2.05, 4.69) is 11.6 Å². The fourth-order valence-electron chi connectivity index (χ4n) is 2.99. The Balaban J connectivity index is 2.33. The summed E-state index contributed by atoms with van der Waals surface area (Å²) in [6.45, 7) is 1.84. The molecule has 21 heavy (non-hydrogen) atoms. The van der Waals surface area contributed by atoms with Crippen molar-refractivity contribution >= 4 is 27.3 Å². The van der Waals surface area contributed by atoms with Crippen molar-refractivity contribution in [2.75, 3.05) is 12.3 Å². The number of halogens is 1. The van der Waals surface area contributed by atoms with Gasteiger partial charge in [0, 0.05) is 5.69 Å². The number of hydrogen-bond donors (Lipinski definition) is 3. The Labute approximate surface area is 130 Å². The molecule has 5 nitrogen and oxygen atoms in total. The number of sulfonamides is 1. The maximum absolute atomic E-state index is 12.6. The van der Waals surface area contributed by atoms with E-state index in [0.717, 1.165) is 12.8 Å².